The first-order valence-corrected chi connectivity index (χ1v) is 38.9. The average molecular weight is 1630 g/mol. The molecule has 37 nitrogen and oxygen atoms in total. The van der Waals surface area contributed by atoms with Crippen molar-refractivity contribution >= 4 is 138 Å². The lowest BCUT2D eigenvalue weighted by molar-refractivity contribution is -0.169. The summed E-state index contributed by atoms with van der Waals surface area (Å²) >= 11 is 3.25. The minimum atomic E-state index is -2.00. The molecule has 1 aromatic heterocycles. The van der Waals surface area contributed by atoms with Gasteiger partial charge >= 0.3 is 0 Å². The quantitative estimate of drug-likeness (QED) is 0.0436. The van der Waals surface area contributed by atoms with Crippen LogP contribution in [0.4, 0.5) is 0 Å². The zero-order chi connectivity index (χ0) is 80.4. The molecule has 114 heavy (non-hydrogen) atoms. The van der Waals surface area contributed by atoms with Gasteiger partial charge in [0.2, 0.25) is 76.8 Å². The highest BCUT2D eigenvalue weighted by molar-refractivity contribution is 9.09. The van der Waals surface area contributed by atoms with Gasteiger partial charge in [0.05, 0.1) is 63.2 Å². The van der Waals surface area contributed by atoms with E-state index >= 15 is 24.0 Å². The summed E-state index contributed by atoms with van der Waals surface area (Å²) in [6, 6.07) is 13.9. The van der Waals surface area contributed by atoms with Crippen LogP contribution in [0.3, 0.4) is 0 Å². The number of likely N-dealkylation sites (tertiary alicyclic amines) is 2. The van der Waals surface area contributed by atoms with E-state index in [0.717, 1.165) is 31.3 Å². The standard InChI is InChI=1S/C76H81BrN20O17/c1-38(98)90-35-75(69(113)95-34-74(23-54(95)64(108)97(75)30-43-28-80-37-89(43)2)68(112)93-32-72(21-50(93)62(106)88-74)66(110)84-48(27-78)58(102)86-72)24-51(90)59(103)81-18-17-46-57(101)85-71(65(109)83-46)20-49-61(105)87-73(67(111)92(49)31-71)22-53-63(107)96(29-42-14-8-12-40-10-4-6-16-45(40)42)76(70(114)94(53)33-73)25-52(91(36-76)55(99)26-77)60(104)82-47(56(79)100)19-41-13-7-11-39-9-3-5-15-44(39)41/h3-16,28,37,46-54H,17-27,29-36,78H2,1-2H3,(H2,79,100)(H,81,103)(H,82,104)(H,83,109)(H,84,110)(H,85,101)(H,86,102)(H,87,105)(H,88,106)/t46-,47+,48+,49?,50?,51?,52+,53?,54+,71+,72+,73+,74+,75+,76+/m1/s1. The monoisotopic (exact) mass is 1620 g/mol. The number of nitrogens with two attached hydrogens (primary N) is 2. The fourth-order valence-electron chi connectivity index (χ4n) is 20.1. The number of fused-ring (bicyclic) bond motifs is 6. The second kappa shape index (κ2) is 26.9. The van der Waals surface area contributed by atoms with Gasteiger partial charge in [0.25, 0.3) is 23.6 Å². The maximum absolute atomic E-state index is 16.0. The zero-order valence-electron chi connectivity index (χ0n) is 61.8. The number of carbonyl (C=O) groups excluding carboxylic acids is 17. The molecule has 12 saturated heterocycles. The van der Waals surface area contributed by atoms with Crippen molar-refractivity contribution in [2.24, 2.45) is 18.5 Å². The van der Waals surface area contributed by atoms with Crippen molar-refractivity contribution in [1.29, 1.82) is 0 Å². The Hall–Kier alpha value is -12.0. The number of amides is 17. The number of aromatic nitrogens is 2. The van der Waals surface area contributed by atoms with Gasteiger partial charge in [0.1, 0.15) is 87.6 Å². The van der Waals surface area contributed by atoms with Crippen molar-refractivity contribution in [3.05, 3.63) is 114 Å². The van der Waals surface area contributed by atoms with Crippen molar-refractivity contribution in [2.75, 3.05) is 57.7 Å². The molecule has 17 amide bonds. The van der Waals surface area contributed by atoms with Crippen LogP contribution < -0.4 is 54.0 Å². The number of primary amides is 1. The molecular weight excluding hydrogens is 1540 g/mol. The minimum Gasteiger partial charge on any atom is -0.368 e. The van der Waals surface area contributed by atoms with Gasteiger partial charge < -0.3 is 97.8 Å². The van der Waals surface area contributed by atoms with Crippen LogP contribution in [-0.4, -0.2) is 294 Å². The van der Waals surface area contributed by atoms with E-state index in [-0.39, 0.29) is 57.2 Å². The Labute approximate surface area is 657 Å². The summed E-state index contributed by atoms with van der Waals surface area (Å²) in [5.41, 5.74) is 2.01. The summed E-state index contributed by atoms with van der Waals surface area (Å²) < 4.78 is 1.61. The molecule has 13 heterocycles. The normalized spacial score (nSPS) is 32.4. The predicted octanol–water partition coefficient (Wildman–Crippen LogP) is -6.27. The smallest absolute Gasteiger partial charge is 0.251 e. The number of nitrogens with one attached hydrogen (secondary N) is 8. The molecule has 0 bridgehead atoms. The molecule has 12 fully saturated rings. The zero-order valence-corrected chi connectivity index (χ0v) is 63.4. The van der Waals surface area contributed by atoms with Crippen LogP contribution in [0.25, 0.3) is 21.5 Å². The number of carbonyl (C=O) groups is 17. The molecular formula is C76H81BrN20O17. The van der Waals surface area contributed by atoms with E-state index in [1.165, 1.54) is 48.8 Å². The topological polar surface area (TPSA) is 482 Å². The minimum absolute atomic E-state index is 0.0345. The van der Waals surface area contributed by atoms with E-state index in [1.807, 2.05) is 60.7 Å². The van der Waals surface area contributed by atoms with Crippen molar-refractivity contribution < 1.29 is 81.5 Å². The van der Waals surface area contributed by atoms with Crippen LogP contribution in [0.2, 0.25) is 0 Å². The Morgan fingerprint density at radius 1 is 0.544 bits per heavy atom. The van der Waals surface area contributed by atoms with E-state index in [0.29, 0.717) is 16.8 Å². The van der Waals surface area contributed by atoms with Crippen molar-refractivity contribution in [3.63, 3.8) is 0 Å². The number of piperazine rings is 6. The first-order valence-electron chi connectivity index (χ1n) is 37.8. The summed E-state index contributed by atoms with van der Waals surface area (Å²) in [7, 11) is 1.66. The van der Waals surface area contributed by atoms with Gasteiger partial charge in [-0.25, -0.2) is 4.98 Å². The number of imidazole rings is 1. The van der Waals surface area contributed by atoms with Crippen LogP contribution in [-0.2, 0) is 108 Å². The molecule has 5 aromatic rings. The van der Waals surface area contributed by atoms with Gasteiger partial charge in [-0.2, -0.15) is 0 Å². The van der Waals surface area contributed by atoms with E-state index < -0.39 is 253 Å². The van der Waals surface area contributed by atoms with Gasteiger partial charge in [-0.05, 0) is 39.1 Å². The predicted molar refractivity (Wildman–Crippen MR) is 397 cm³/mol. The van der Waals surface area contributed by atoms with Crippen LogP contribution in [0.1, 0.15) is 68.7 Å². The van der Waals surface area contributed by atoms with E-state index in [2.05, 4.69) is 63.4 Å². The Bertz CT molecular complexity index is 5170. The summed E-state index contributed by atoms with van der Waals surface area (Å²) in [4.78, 5) is 263. The van der Waals surface area contributed by atoms with E-state index in [1.54, 1.807) is 35.9 Å². The number of alkyl halides is 1. The maximum Gasteiger partial charge on any atom is 0.251 e. The molecule has 4 unspecified atom stereocenters. The maximum atomic E-state index is 16.0. The first-order chi connectivity index (χ1) is 54.4. The number of hydrogen-bond donors (Lipinski definition) is 10. The third kappa shape index (κ3) is 11.3. The lowest BCUT2D eigenvalue weighted by atomic mass is 9.85. The number of hydrogen-bond acceptors (Lipinski definition) is 19. The number of benzene rings is 4. The van der Waals surface area contributed by atoms with Crippen LogP contribution in [0.5, 0.6) is 0 Å². The Balaban J connectivity index is 0.580. The number of aryl methyl sites for hydroxylation is 1. The SMILES string of the molecule is CC(=O)N1C[C@@]2(CC1C(=O)NCC[C@H]1NC(=O)[C@@]3(CC4C(=O)N[C@]5(CC6C(=O)N(Cc7cccc8ccccc78)[C@]7(C[C@@H](C(=O)N[C@@H](Cc8cccc9ccccc89)C(N)=O)N(C(=O)CBr)C7)C(=O)N6C5)C(=O)N4C3)NC1=O)C(=O)N1C[C@]3(C[C@H]1C(=O)N2Cc1cncn1C)NC(=O)C1C[C@@]2(CN1C3=O)NC(=O)[C@H](CN)NC2=O. The average Bonchev–Trinajstić information content (AvgIpc) is 1.55. The summed E-state index contributed by atoms with van der Waals surface area (Å²) in [5, 5.41) is 24.8. The summed E-state index contributed by atoms with van der Waals surface area (Å²) in [6.07, 6.45) is 0.218. The molecule has 17 rings (SSSR count). The molecule has 12 aliphatic heterocycles. The van der Waals surface area contributed by atoms with Gasteiger partial charge in [-0.1, -0.05) is 101 Å². The molecule has 594 valence electrons. The lowest BCUT2D eigenvalue weighted by Crippen LogP contribution is -2.72. The van der Waals surface area contributed by atoms with Crippen molar-refractivity contribution in [2.45, 2.75) is 159 Å². The molecule has 38 heteroatoms. The van der Waals surface area contributed by atoms with Crippen LogP contribution in [0.15, 0.2) is 97.5 Å². The second-order valence-corrected chi connectivity index (χ2v) is 32.9. The lowest BCUT2D eigenvalue weighted by Gasteiger charge is -2.49. The molecule has 15 atom stereocenters. The molecule has 6 spiro atoms. The first kappa shape index (κ1) is 74.8. The van der Waals surface area contributed by atoms with E-state index in [4.69, 9.17) is 11.5 Å². The molecule has 0 radical (unpaired) electrons. The third-order valence-electron chi connectivity index (χ3n) is 25.9. The molecule has 0 saturated carbocycles. The summed E-state index contributed by atoms with van der Waals surface area (Å²) in [5.74, 6) is -12.3. The van der Waals surface area contributed by atoms with Gasteiger partial charge in [-0.3, -0.25) is 81.5 Å². The second-order valence-electron chi connectivity index (χ2n) is 32.4. The highest BCUT2D eigenvalue weighted by Crippen LogP contribution is 2.50. The van der Waals surface area contributed by atoms with Crippen LogP contribution >= 0.6 is 15.9 Å². The molecule has 0 aliphatic carbocycles. The Kier molecular flexibility index (Phi) is 17.6. The van der Waals surface area contributed by atoms with Crippen LogP contribution in [0, 0.1) is 0 Å². The van der Waals surface area contributed by atoms with Crippen molar-refractivity contribution in [3.8, 4) is 0 Å². The summed E-state index contributed by atoms with van der Waals surface area (Å²) in [6.45, 7) is -2.85. The fraction of sp³-hybridized carbons (Fsp3) is 0.474. The van der Waals surface area contributed by atoms with E-state index in [9.17, 15) is 57.5 Å². The van der Waals surface area contributed by atoms with Gasteiger partial charge in [0, 0.05) is 84.7 Å². The molecule has 4 aromatic carbocycles. The number of halogens is 1. The van der Waals surface area contributed by atoms with Gasteiger partial charge in [0.15, 0.2) is 0 Å². The molecule has 12 N–H and O–H groups in total. The largest absolute Gasteiger partial charge is 0.368 e. The number of rotatable bonds is 15. The molecule has 12 aliphatic rings. The highest BCUT2D eigenvalue weighted by Gasteiger charge is 2.73. The Morgan fingerprint density at radius 2 is 1.01 bits per heavy atom. The van der Waals surface area contributed by atoms with Gasteiger partial charge in [-0.15, -0.1) is 0 Å². The number of nitrogens with zero attached hydrogens (tertiary/aromatic N) is 10. The third-order valence-corrected chi connectivity index (χ3v) is 26.4. The Morgan fingerprint density at radius 3 is 1.54 bits per heavy atom. The highest BCUT2D eigenvalue weighted by atomic mass is 79.9. The fourth-order valence-corrected chi connectivity index (χ4v) is 20.4. The van der Waals surface area contributed by atoms with Crippen molar-refractivity contribution in [1.82, 2.24) is 91.3 Å².